The number of alkyl halides is 3. The Balaban J connectivity index is 1.76. The van der Waals surface area contributed by atoms with E-state index in [0.717, 1.165) is 16.4 Å². The Kier molecular flexibility index (Phi) is 6.58. The molecule has 4 heterocycles. The molecule has 4 amide bonds. The van der Waals surface area contributed by atoms with Gasteiger partial charge in [-0.1, -0.05) is 0 Å². The number of hydrogen-bond acceptors (Lipinski definition) is 6. The highest BCUT2D eigenvalue weighted by Gasteiger charge is 2.48. The Bertz CT molecular complexity index is 1430. The Morgan fingerprint density at radius 2 is 1.79 bits per heavy atom. The van der Waals surface area contributed by atoms with Gasteiger partial charge in [0.15, 0.2) is 0 Å². The lowest BCUT2D eigenvalue weighted by atomic mass is 10.2. The molecule has 0 radical (unpaired) electrons. The summed E-state index contributed by atoms with van der Waals surface area (Å²) in [6.07, 6.45) is -3.95. The average molecular weight is 533 g/mol. The Morgan fingerprint density at radius 3 is 2.42 bits per heavy atom. The normalized spacial score (nSPS) is 16.3. The van der Waals surface area contributed by atoms with Crippen LogP contribution >= 0.6 is 0 Å². The van der Waals surface area contributed by atoms with Crippen LogP contribution in [0.4, 0.5) is 34.4 Å². The third kappa shape index (κ3) is 5.13. The first-order chi connectivity index (χ1) is 17.6. The van der Waals surface area contributed by atoms with Gasteiger partial charge in [-0.3, -0.25) is 14.6 Å². The highest BCUT2D eigenvalue weighted by atomic mass is 19.4. The van der Waals surface area contributed by atoms with Crippen LogP contribution in [0.15, 0.2) is 36.5 Å². The van der Waals surface area contributed by atoms with Crippen molar-refractivity contribution < 1.29 is 32.3 Å². The van der Waals surface area contributed by atoms with Gasteiger partial charge in [0.2, 0.25) is 0 Å². The van der Waals surface area contributed by atoms with Gasteiger partial charge in [-0.25, -0.2) is 24.5 Å². The van der Waals surface area contributed by atoms with Crippen molar-refractivity contribution >= 4 is 40.7 Å². The summed E-state index contributed by atoms with van der Waals surface area (Å²) < 4.78 is 47.7. The first-order valence-corrected chi connectivity index (χ1v) is 11.7. The molecule has 3 aromatic heterocycles. The zero-order chi connectivity index (χ0) is 28.2. The molecule has 0 aromatic carbocycles. The number of anilines is 2. The number of aromatic nitrogens is 3. The van der Waals surface area contributed by atoms with Gasteiger partial charge >= 0.3 is 18.3 Å². The van der Waals surface area contributed by atoms with Crippen LogP contribution in [0, 0.1) is 6.92 Å². The molecule has 38 heavy (non-hydrogen) atoms. The van der Waals surface area contributed by atoms with E-state index in [1.54, 1.807) is 50.7 Å². The smallest absolute Gasteiger partial charge is 0.418 e. The van der Waals surface area contributed by atoms with Crippen LogP contribution in [0.3, 0.4) is 0 Å². The lowest BCUT2D eigenvalue weighted by Gasteiger charge is -2.26. The van der Waals surface area contributed by atoms with E-state index in [-0.39, 0.29) is 11.5 Å². The number of aryl methyl sites for hydroxylation is 2. The number of likely N-dealkylation sites (N-methyl/N-ethyl adjacent to an activating group) is 1. The third-order valence-electron chi connectivity index (χ3n) is 5.89. The molecule has 202 valence electrons. The van der Waals surface area contributed by atoms with Gasteiger partial charge in [-0.05, 0) is 58.0 Å². The number of hydrogen-bond donors (Lipinski definition) is 0. The van der Waals surface area contributed by atoms with Crippen LogP contribution in [-0.2, 0) is 22.8 Å². The lowest BCUT2D eigenvalue weighted by Crippen LogP contribution is -2.47. The zero-order valence-electron chi connectivity index (χ0n) is 21.7. The molecule has 1 atom stereocenters. The van der Waals surface area contributed by atoms with Gasteiger partial charge in [0.05, 0.1) is 12.1 Å². The average Bonchev–Trinajstić information content (AvgIpc) is 3.35. The fourth-order valence-electron chi connectivity index (χ4n) is 4.10. The first-order valence-electron chi connectivity index (χ1n) is 11.7. The summed E-state index contributed by atoms with van der Waals surface area (Å²) in [4.78, 5) is 51.2. The van der Waals surface area contributed by atoms with Crippen molar-refractivity contribution in [1.29, 1.82) is 0 Å². The number of pyridine rings is 2. The zero-order valence-corrected chi connectivity index (χ0v) is 21.7. The van der Waals surface area contributed by atoms with Crippen LogP contribution in [-0.4, -0.2) is 62.7 Å². The minimum Gasteiger partial charge on any atom is -0.443 e. The van der Waals surface area contributed by atoms with Gasteiger partial charge in [-0.15, -0.1) is 0 Å². The van der Waals surface area contributed by atoms with Crippen LogP contribution < -0.4 is 9.80 Å². The van der Waals surface area contributed by atoms with E-state index in [0.29, 0.717) is 16.6 Å². The molecule has 1 unspecified atom stereocenters. The number of carbonyl (C=O) groups excluding carboxylic acids is 3. The molecular formula is C25H27F3N6O4. The third-order valence-corrected chi connectivity index (χ3v) is 5.89. The maximum Gasteiger partial charge on any atom is 0.418 e. The van der Waals surface area contributed by atoms with E-state index in [1.165, 1.54) is 18.9 Å². The molecule has 0 bridgehead atoms. The van der Waals surface area contributed by atoms with Crippen molar-refractivity contribution in [2.75, 3.05) is 23.4 Å². The Hall–Kier alpha value is -4.16. The fourth-order valence-corrected chi connectivity index (χ4v) is 4.10. The highest BCUT2D eigenvalue weighted by molar-refractivity contribution is 6.11. The number of nitrogens with zero attached hydrogens (tertiary/aromatic N) is 6. The number of rotatable bonds is 3. The maximum atomic E-state index is 13.7. The number of urea groups is 1. The fraction of sp³-hybridized carbons (Fsp3) is 0.400. The summed E-state index contributed by atoms with van der Waals surface area (Å²) in [5.41, 5.74) is -1.42. The predicted octanol–water partition coefficient (Wildman–Crippen LogP) is 4.50. The summed E-state index contributed by atoms with van der Waals surface area (Å²) in [6, 6.07) is 4.33. The standard InChI is InChI=1S/C25H27F3N6O4/c1-14-11-16(25(26,27)28)12-19(29-14)34-17(13-33(22(34)36)23(37)38-24(2,3)4)21(35)32(6)18-8-7-15-9-10-31(5)20(15)30-18/h7-12,17H,13H2,1-6H3. The maximum absolute atomic E-state index is 13.7. The molecule has 1 saturated heterocycles. The molecule has 0 saturated carbocycles. The molecule has 0 aliphatic carbocycles. The largest absolute Gasteiger partial charge is 0.443 e. The second kappa shape index (κ2) is 9.30. The second-order valence-corrected chi connectivity index (χ2v) is 10.0. The van der Waals surface area contributed by atoms with Gasteiger partial charge in [0.1, 0.15) is 28.9 Å². The Labute approximate surface area is 216 Å². The van der Waals surface area contributed by atoms with Crippen LogP contribution in [0.25, 0.3) is 11.0 Å². The highest BCUT2D eigenvalue weighted by Crippen LogP contribution is 2.34. The van der Waals surface area contributed by atoms with Crippen LogP contribution in [0.5, 0.6) is 0 Å². The van der Waals surface area contributed by atoms with Crippen molar-refractivity contribution in [3.63, 3.8) is 0 Å². The minimum absolute atomic E-state index is 0.0197. The van der Waals surface area contributed by atoms with Gasteiger partial charge in [-0.2, -0.15) is 13.2 Å². The lowest BCUT2D eigenvalue weighted by molar-refractivity contribution is -0.137. The van der Waals surface area contributed by atoms with E-state index >= 15 is 0 Å². The number of carbonyl (C=O) groups is 3. The second-order valence-electron chi connectivity index (χ2n) is 10.0. The SMILES string of the molecule is Cc1cc(C(F)(F)F)cc(N2C(=O)N(C(=O)OC(C)(C)C)CC2C(=O)N(C)c2ccc3ccn(C)c3n2)n1. The summed E-state index contributed by atoms with van der Waals surface area (Å²) in [6.45, 7) is 5.68. The van der Waals surface area contributed by atoms with Crippen LogP contribution in [0.1, 0.15) is 32.0 Å². The van der Waals surface area contributed by atoms with E-state index in [2.05, 4.69) is 9.97 Å². The minimum atomic E-state index is -4.72. The topological polar surface area (TPSA) is 101 Å². The molecule has 1 aliphatic rings. The molecule has 1 fully saturated rings. The van der Waals surface area contributed by atoms with Gasteiger partial charge in [0, 0.05) is 31.4 Å². The number of imide groups is 1. The Morgan fingerprint density at radius 1 is 1.11 bits per heavy atom. The van der Waals surface area contributed by atoms with E-state index in [1.807, 2.05) is 6.07 Å². The number of halogens is 3. The van der Waals surface area contributed by atoms with Crippen molar-refractivity contribution in [2.45, 2.75) is 45.5 Å². The van der Waals surface area contributed by atoms with E-state index in [4.69, 9.17) is 4.74 Å². The number of ether oxygens (including phenoxy) is 1. The van der Waals surface area contributed by atoms with Gasteiger partial charge < -0.3 is 9.30 Å². The molecule has 10 nitrogen and oxygen atoms in total. The molecule has 0 spiro atoms. The van der Waals surface area contributed by atoms with Crippen LogP contribution in [0.2, 0.25) is 0 Å². The first kappa shape index (κ1) is 26.9. The summed E-state index contributed by atoms with van der Waals surface area (Å²) in [5.74, 6) is -0.839. The van der Waals surface area contributed by atoms with Crippen molar-refractivity contribution in [1.82, 2.24) is 19.4 Å². The summed E-state index contributed by atoms with van der Waals surface area (Å²) in [7, 11) is 3.22. The van der Waals surface area contributed by atoms with Crippen molar-refractivity contribution in [3.8, 4) is 0 Å². The molecular weight excluding hydrogens is 505 g/mol. The monoisotopic (exact) mass is 532 g/mol. The van der Waals surface area contributed by atoms with Gasteiger partial charge in [0.25, 0.3) is 5.91 Å². The van der Waals surface area contributed by atoms with E-state index in [9.17, 15) is 27.6 Å². The summed E-state index contributed by atoms with van der Waals surface area (Å²) >= 11 is 0. The predicted molar refractivity (Wildman–Crippen MR) is 133 cm³/mol. The van der Waals surface area contributed by atoms with Crippen molar-refractivity contribution in [2.24, 2.45) is 7.05 Å². The number of fused-ring (bicyclic) bond motifs is 1. The molecule has 1 aliphatic heterocycles. The molecule has 0 N–H and O–H groups in total. The molecule has 13 heteroatoms. The quantitative estimate of drug-likeness (QED) is 0.492. The molecule has 4 rings (SSSR count). The molecule has 3 aromatic rings. The summed E-state index contributed by atoms with van der Waals surface area (Å²) in [5, 5.41) is 0.842. The van der Waals surface area contributed by atoms with E-state index < -0.39 is 53.8 Å². The van der Waals surface area contributed by atoms with Crippen molar-refractivity contribution in [3.05, 3.63) is 47.8 Å². The number of amides is 4.